The van der Waals surface area contributed by atoms with Crippen molar-refractivity contribution in [3.63, 3.8) is 0 Å². The van der Waals surface area contributed by atoms with Gasteiger partial charge in [0, 0.05) is 17.3 Å². The first-order valence-electron chi connectivity index (χ1n) is 10.1. The Hall–Kier alpha value is -3.93. The maximum Gasteiger partial charge on any atom is 0.261 e. The van der Waals surface area contributed by atoms with E-state index in [2.05, 4.69) is 5.32 Å². The van der Waals surface area contributed by atoms with E-state index >= 15 is 0 Å². The molecule has 0 atom stereocenters. The van der Waals surface area contributed by atoms with E-state index in [4.69, 9.17) is 4.74 Å². The summed E-state index contributed by atoms with van der Waals surface area (Å²) in [7, 11) is 0. The monoisotopic (exact) mass is 414 g/mol. The maximum atomic E-state index is 12.6. The molecule has 31 heavy (non-hydrogen) atoms. The molecule has 1 N–H and O–H groups in total. The van der Waals surface area contributed by atoms with Gasteiger partial charge in [0.25, 0.3) is 17.7 Å². The minimum Gasteiger partial charge on any atom is -0.494 e. The average molecular weight is 414 g/mol. The molecule has 1 heterocycles. The molecule has 0 aromatic heterocycles. The summed E-state index contributed by atoms with van der Waals surface area (Å²) in [4.78, 5) is 38.8. The maximum absolute atomic E-state index is 12.6. The van der Waals surface area contributed by atoms with Crippen molar-refractivity contribution < 1.29 is 19.1 Å². The molecule has 6 heteroatoms. The van der Waals surface area contributed by atoms with Crippen LogP contribution in [0.4, 0.5) is 5.69 Å². The highest BCUT2D eigenvalue weighted by Crippen LogP contribution is 2.24. The number of anilines is 1. The molecule has 1 aliphatic rings. The second-order valence-electron chi connectivity index (χ2n) is 7.27. The molecule has 0 fully saturated rings. The molecule has 0 saturated heterocycles. The Morgan fingerprint density at radius 3 is 2.23 bits per heavy atom. The van der Waals surface area contributed by atoms with Crippen LogP contribution in [0.1, 0.15) is 50.0 Å². The Kier molecular flexibility index (Phi) is 5.80. The third-order valence-electron chi connectivity index (χ3n) is 5.00. The lowest BCUT2D eigenvalue weighted by atomic mass is 10.1. The summed E-state index contributed by atoms with van der Waals surface area (Å²) in [5, 5.41) is 2.86. The molecule has 0 unspecified atom stereocenters. The van der Waals surface area contributed by atoms with Gasteiger partial charge in [-0.2, -0.15) is 0 Å². The minimum absolute atomic E-state index is 0.158. The molecule has 3 amide bonds. The molecule has 0 spiro atoms. The van der Waals surface area contributed by atoms with E-state index in [9.17, 15) is 14.4 Å². The van der Waals surface area contributed by atoms with Gasteiger partial charge in [-0.1, -0.05) is 37.3 Å². The summed E-state index contributed by atoms with van der Waals surface area (Å²) in [6, 6.07) is 20.9. The van der Waals surface area contributed by atoms with Crippen molar-refractivity contribution in [1.29, 1.82) is 0 Å². The van der Waals surface area contributed by atoms with Gasteiger partial charge in [0.1, 0.15) is 5.75 Å². The summed E-state index contributed by atoms with van der Waals surface area (Å²) in [6.45, 7) is 2.81. The van der Waals surface area contributed by atoms with Crippen LogP contribution in [0.2, 0.25) is 0 Å². The molecular weight excluding hydrogens is 392 g/mol. The highest BCUT2D eigenvalue weighted by molar-refractivity contribution is 6.21. The standard InChI is InChI=1S/C25H22N2O4/c1-2-14-31-20-7-5-6-19(15-20)26-23(28)18-12-10-17(11-13-18)16-27-24(29)21-8-3-4-9-22(21)25(27)30/h3-13,15H,2,14,16H2,1H3,(H,26,28). The van der Waals surface area contributed by atoms with Crippen molar-refractivity contribution in [3.05, 3.63) is 95.1 Å². The van der Waals surface area contributed by atoms with Crippen LogP contribution in [0, 0.1) is 0 Å². The van der Waals surface area contributed by atoms with E-state index < -0.39 is 0 Å². The lowest BCUT2D eigenvalue weighted by Gasteiger charge is -2.14. The molecule has 6 nitrogen and oxygen atoms in total. The van der Waals surface area contributed by atoms with Crippen LogP contribution in [-0.2, 0) is 6.54 Å². The number of fused-ring (bicyclic) bond motifs is 1. The van der Waals surface area contributed by atoms with Gasteiger partial charge < -0.3 is 10.1 Å². The van der Waals surface area contributed by atoms with E-state index in [0.717, 1.165) is 12.0 Å². The van der Waals surface area contributed by atoms with Crippen molar-refractivity contribution in [2.45, 2.75) is 19.9 Å². The fourth-order valence-electron chi connectivity index (χ4n) is 3.41. The second-order valence-corrected chi connectivity index (χ2v) is 7.27. The third kappa shape index (κ3) is 4.33. The molecule has 0 aliphatic carbocycles. The zero-order chi connectivity index (χ0) is 21.8. The number of imide groups is 1. The second kappa shape index (κ2) is 8.83. The third-order valence-corrected chi connectivity index (χ3v) is 5.00. The number of rotatable bonds is 7. The van der Waals surface area contributed by atoms with Crippen molar-refractivity contribution in [2.75, 3.05) is 11.9 Å². The average Bonchev–Trinajstić information content (AvgIpc) is 3.03. The highest BCUT2D eigenvalue weighted by Gasteiger charge is 2.34. The van der Waals surface area contributed by atoms with Crippen LogP contribution < -0.4 is 10.1 Å². The molecule has 3 aromatic rings. The number of carbonyl (C=O) groups is 3. The van der Waals surface area contributed by atoms with Gasteiger partial charge in [0.05, 0.1) is 24.3 Å². The highest BCUT2D eigenvalue weighted by atomic mass is 16.5. The SMILES string of the molecule is CCCOc1cccc(NC(=O)c2ccc(CN3C(=O)c4ccccc4C3=O)cc2)c1. The van der Waals surface area contributed by atoms with Gasteiger partial charge in [0.15, 0.2) is 0 Å². The number of ether oxygens (including phenoxy) is 1. The normalized spacial score (nSPS) is 12.6. The van der Waals surface area contributed by atoms with Gasteiger partial charge in [-0.25, -0.2) is 0 Å². The molecule has 4 rings (SSSR count). The summed E-state index contributed by atoms with van der Waals surface area (Å²) < 4.78 is 5.59. The first-order chi connectivity index (χ1) is 15.1. The Morgan fingerprint density at radius 1 is 0.903 bits per heavy atom. The fraction of sp³-hybridized carbons (Fsp3) is 0.160. The number of nitrogens with one attached hydrogen (secondary N) is 1. The van der Waals surface area contributed by atoms with Crippen molar-refractivity contribution in [3.8, 4) is 5.75 Å². The van der Waals surface area contributed by atoms with Crippen molar-refractivity contribution >= 4 is 23.4 Å². The Bertz CT molecular complexity index is 1100. The van der Waals surface area contributed by atoms with Crippen LogP contribution in [0.15, 0.2) is 72.8 Å². The summed E-state index contributed by atoms with van der Waals surface area (Å²) in [6.07, 6.45) is 0.906. The van der Waals surface area contributed by atoms with E-state index in [1.807, 2.05) is 19.1 Å². The Morgan fingerprint density at radius 2 is 1.58 bits per heavy atom. The lowest BCUT2D eigenvalue weighted by Crippen LogP contribution is -2.29. The summed E-state index contributed by atoms with van der Waals surface area (Å²) in [5.41, 5.74) is 2.74. The number of benzene rings is 3. The largest absolute Gasteiger partial charge is 0.494 e. The molecule has 0 radical (unpaired) electrons. The predicted octanol–water partition coefficient (Wildman–Crippen LogP) is 4.52. The zero-order valence-electron chi connectivity index (χ0n) is 17.1. The van der Waals surface area contributed by atoms with Gasteiger partial charge in [-0.15, -0.1) is 0 Å². The lowest BCUT2D eigenvalue weighted by molar-refractivity contribution is 0.0642. The molecular formula is C25H22N2O4. The van der Waals surface area contributed by atoms with Crippen LogP contribution in [0.3, 0.4) is 0 Å². The van der Waals surface area contributed by atoms with Gasteiger partial charge >= 0.3 is 0 Å². The zero-order valence-corrected chi connectivity index (χ0v) is 17.1. The van der Waals surface area contributed by atoms with Crippen LogP contribution >= 0.6 is 0 Å². The topological polar surface area (TPSA) is 75.7 Å². The minimum atomic E-state index is -0.299. The number of hydrogen-bond acceptors (Lipinski definition) is 4. The summed E-state index contributed by atoms with van der Waals surface area (Å²) in [5.74, 6) is -0.143. The van der Waals surface area contributed by atoms with Gasteiger partial charge in [0.2, 0.25) is 0 Å². The fourth-order valence-corrected chi connectivity index (χ4v) is 3.41. The number of amides is 3. The molecule has 156 valence electrons. The van der Waals surface area contributed by atoms with Gasteiger partial charge in [-0.05, 0) is 48.4 Å². The number of carbonyl (C=O) groups excluding carboxylic acids is 3. The van der Waals surface area contributed by atoms with Crippen molar-refractivity contribution in [1.82, 2.24) is 4.90 Å². The number of hydrogen-bond donors (Lipinski definition) is 1. The Labute approximate surface area is 180 Å². The molecule has 3 aromatic carbocycles. The predicted molar refractivity (Wildman–Crippen MR) is 117 cm³/mol. The molecule has 1 aliphatic heterocycles. The van der Waals surface area contributed by atoms with E-state index in [0.29, 0.717) is 34.7 Å². The summed E-state index contributed by atoms with van der Waals surface area (Å²) >= 11 is 0. The molecule has 0 bridgehead atoms. The first-order valence-corrected chi connectivity index (χ1v) is 10.1. The smallest absolute Gasteiger partial charge is 0.261 e. The number of nitrogens with zero attached hydrogens (tertiary/aromatic N) is 1. The van der Waals surface area contributed by atoms with Gasteiger partial charge in [-0.3, -0.25) is 19.3 Å². The van der Waals surface area contributed by atoms with E-state index in [1.165, 1.54) is 4.90 Å². The van der Waals surface area contributed by atoms with Crippen LogP contribution in [0.5, 0.6) is 5.75 Å². The van der Waals surface area contributed by atoms with Crippen LogP contribution in [-0.4, -0.2) is 29.2 Å². The van der Waals surface area contributed by atoms with Crippen molar-refractivity contribution in [2.24, 2.45) is 0 Å². The van der Waals surface area contributed by atoms with Crippen LogP contribution in [0.25, 0.3) is 0 Å². The molecule has 0 saturated carbocycles. The Balaban J connectivity index is 1.41. The first kappa shape index (κ1) is 20.3. The van der Waals surface area contributed by atoms with E-state index in [-0.39, 0.29) is 24.3 Å². The quantitative estimate of drug-likeness (QED) is 0.577. The van der Waals surface area contributed by atoms with E-state index in [1.54, 1.807) is 60.7 Å².